The third kappa shape index (κ3) is 4.53. The summed E-state index contributed by atoms with van der Waals surface area (Å²) in [5, 5.41) is 0. The van der Waals surface area contributed by atoms with E-state index in [4.69, 9.17) is 0 Å². The Labute approximate surface area is 180 Å². The molecular formula is C24H32N2O3S. The van der Waals surface area contributed by atoms with Crippen molar-refractivity contribution in [2.24, 2.45) is 5.92 Å². The van der Waals surface area contributed by atoms with Gasteiger partial charge in [-0.15, -0.1) is 0 Å². The number of rotatable bonds is 8. The number of anilines is 1. The molecule has 6 heteroatoms. The van der Waals surface area contributed by atoms with Crippen molar-refractivity contribution in [1.29, 1.82) is 0 Å². The Morgan fingerprint density at radius 3 is 2.30 bits per heavy atom. The molecule has 1 amide bonds. The van der Waals surface area contributed by atoms with Crippen molar-refractivity contribution < 1.29 is 13.2 Å². The summed E-state index contributed by atoms with van der Waals surface area (Å²) in [5.41, 5.74) is 2.07. The summed E-state index contributed by atoms with van der Waals surface area (Å²) in [6, 6.07) is 14.1. The number of amides is 1. The Morgan fingerprint density at radius 2 is 1.73 bits per heavy atom. The van der Waals surface area contributed by atoms with Crippen molar-refractivity contribution in [3.8, 4) is 0 Å². The molecule has 5 nitrogen and oxygen atoms in total. The first kappa shape index (κ1) is 22.3. The van der Waals surface area contributed by atoms with Crippen LogP contribution in [0.25, 0.3) is 0 Å². The summed E-state index contributed by atoms with van der Waals surface area (Å²) >= 11 is 0. The third-order valence-corrected chi connectivity index (χ3v) is 8.00. The van der Waals surface area contributed by atoms with Gasteiger partial charge in [0.1, 0.15) is 0 Å². The lowest BCUT2D eigenvalue weighted by molar-refractivity contribution is 0.0615. The zero-order valence-corrected chi connectivity index (χ0v) is 19.3. The van der Waals surface area contributed by atoms with E-state index in [2.05, 4.69) is 20.8 Å². The van der Waals surface area contributed by atoms with E-state index in [1.165, 1.54) is 17.4 Å². The standard InChI is InChI=1S/C24H32N2O3S/c1-6-18(3)19(4)26(22-14-15-22)24(27)20-8-7-9-23(16-20)30(28,29)25(5)21-12-10-17(2)11-13-21/h7-13,16,18-19,22H,6,14-15H2,1-5H3. The van der Waals surface area contributed by atoms with Crippen molar-refractivity contribution >= 4 is 21.6 Å². The van der Waals surface area contributed by atoms with Gasteiger partial charge < -0.3 is 4.90 Å². The van der Waals surface area contributed by atoms with E-state index in [1.807, 2.05) is 24.0 Å². The topological polar surface area (TPSA) is 57.7 Å². The molecule has 0 heterocycles. The molecule has 1 aliphatic carbocycles. The highest BCUT2D eigenvalue weighted by Gasteiger charge is 2.37. The molecular weight excluding hydrogens is 396 g/mol. The first-order valence-corrected chi connectivity index (χ1v) is 12.1. The van der Waals surface area contributed by atoms with Gasteiger partial charge in [0.2, 0.25) is 0 Å². The largest absolute Gasteiger partial charge is 0.333 e. The van der Waals surface area contributed by atoms with Gasteiger partial charge in [0.05, 0.1) is 10.6 Å². The summed E-state index contributed by atoms with van der Waals surface area (Å²) in [7, 11) is -2.23. The van der Waals surface area contributed by atoms with E-state index in [1.54, 1.807) is 30.3 Å². The summed E-state index contributed by atoms with van der Waals surface area (Å²) in [5.74, 6) is 0.300. The Kier molecular flexibility index (Phi) is 6.56. The van der Waals surface area contributed by atoms with Gasteiger partial charge in [-0.3, -0.25) is 9.10 Å². The van der Waals surface area contributed by atoms with Crippen molar-refractivity contribution in [2.75, 3.05) is 11.4 Å². The second kappa shape index (κ2) is 8.80. The normalized spacial score (nSPS) is 16.0. The van der Waals surface area contributed by atoms with Crippen LogP contribution in [-0.4, -0.2) is 38.4 Å². The number of sulfonamides is 1. The molecule has 2 unspecified atom stereocenters. The van der Waals surface area contributed by atoms with Crippen LogP contribution in [0.2, 0.25) is 0 Å². The zero-order valence-electron chi connectivity index (χ0n) is 18.5. The van der Waals surface area contributed by atoms with Crippen LogP contribution in [0.4, 0.5) is 5.69 Å². The minimum Gasteiger partial charge on any atom is -0.333 e. The molecule has 2 atom stereocenters. The average molecular weight is 429 g/mol. The molecule has 0 radical (unpaired) electrons. The average Bonchev–Trinajstić information content (AvgIpc) is 3.58. The van der Waals surface area contributed by atoms with Gasteiger partial charge in [-0.25, -0.2) is 8.42 Å². The van der Waals surface area contributed by atoms with E-state index >= 15 is 0 Å². The van der Waals surface area contributed by atoms with Crippen LogP contribution in [0, 0.1) is 12.8 Å². The van der Waals surface area contributed by atoms with Gasteiger partial charge >= 0.3 is 0 Å². The summed E-state index contributed by atoms with van der Waals surface area (Å²) in [4.78, 5) is 15.5. The number of hydrogen-bond acceptors (Lipinski definition) is 3. The smallest absolute Gasteiger partial charge is 0.264 e. The summed E-state index contributed by atoms with van der Waals surface area (Å²) in [6.07, 6.45) is 3.02. The van der Waals surface area contributed by atoms with Gasteiger partial charge in [0, 0.05) is 24.7 Å². The lowest BCUT2D eigenvalue weighted by atomic mass is 9.98. The second-order valence-corrected chi connectivity index (χ2v) is 10.4. The molecule has 0 bridgehead atoms. The number of aryl methyl sites for hydroxylation is 1. The molecule has 1 aliphatic rings. The minimum atomic E-state index is -3.77. The van der Waals surface area contributed by atoms with Gasteiger partial charge in [-0.2, -0.15) is 0 Å². The first-order valence-electron chi connectivity index (χ1n) is 10.6. The van der Waals surface area contributed by atoms with Gasteiger partial charge in [-0.05, 0) is 62.9 Å². The highest BCUT2D eigenvalue weighted by Crippen LogP contribution is 2.33. The molecule has 0 aliphatic heterocycles. The van der Waals surface area contributed by atoms with Crippen LogP contribution in [0.1, 0.15) is 56.0 Å². The predicted octanol–water partition coefficient (Wildman–Crippen LogP) is 4.86. The number of nitrogens with zero attached hydrogens (tertiary/aromatic N) is 2. The monoisotopic (exact) mass is 428 g/mol. The molecule has 0 N–H and O–H groups in total. The second-order valence-electron chi connectivity index (χ2n) is 8.41. The van der Waals surface area contributed by atoms with Gasteiger partial charge in [0.15, 0.2) is 0 Å². The summed E-state index contributed by atoms with van der Waals surface area (Å²) in [6.45, 7) is 8.34. The lowest BCUT2D eigenvalue weighted by Crippen LogP contribution is -2.43. The molecule has 0 aromatic heterocycles. The predicted molar refractivity (Wildman–Crippen MR) is 121 cm³/mol. The van der Waals surface area contributed by atoms with Crippen molar-refractivity contribution in [3.63, 3.8) is 0 Å². The van der Waals surface area contributed by atoms with Crippen LogP contribution in [0.3, 0.4) is 0 Å². The van der Waals surface area contributed by atoms with E-state index < -0.39 is 10.0 Å². The maximum atomic E-state index is 13.4. The van der Waals surface area contributed by atoms with Crippen LogP contribution in [0.5, 0.6) is 0 Å². The molecule has 2 aromatic rings. The van der Waals surface area contributed by atoms with Gasteiger partial charge in [-0.1, -0.05) is 44.0 Å². The molecule has 1 saturated carbocycles. The number of benzene rings is 2. The first-order chi connectivity index (χ1) is 14.2. The lowest BCUT2D eigenvalue weighted by Gasteiger charge is -2.33. The fraction of sp³-hybridized carbons (Fsp3) is 0.458. The van der Waals surface area contributed by atoms with E-state index in [0.717, 1.165) is 24.8 Å². The highest BCUT2D eigenvalue weighted by molar-refractivity contribution is 7.92. The van der Waals surface area contributed by atoms with Crippen molar-refractivity contribution in [3.05, 3.63) is 59.7 Å². The van der Waals surface area contributed by atoms with Crippen LogP contribution in [0.15, 0.2) is 53.4 Å². The maximum Gasteiger partial charge on any atom is 0.264 e. The van der Waals surface area contributed by atoms with Gasteiger partial charge in [0.25, 0.3) is 15.9 Å². The number of carbonyl (C=O) groups excluding carboxylic acids is 1. The Morgan fingerprint density at radius 1 is 1.10 bits per heavy atom. The van der Waals surface area contributed by atoms with E-state index in [9.17, 15) is 13.2 Å². The van der Waals surface area contributed by atoms with Crippen molar-refractivity contribution in [1.82, 2.24) is 4.90 Å². The zero-order chi connectivity index (χ0) is 22.1. The molecule has 0 saturated heterocycles. The Bertz CT molecular complexity index is 997. The van der Waals surface area contributed by atoms with E-state index in [0.29, 0.717) is 17.2 Å². The maximum absolute atomic E-state index is 13.4. The van der Waals surface area contributed by atoms with Crippen LogP contribution in [-0.2, 0) is 10.0 Å². The fourth-order valence-corrected chi connectivity index (χ4v) is 4.88. The minimum absolute atomic E-state index is 0.0830. The molecule has 1 fully saturated rings. The molecule has 0 spiro atoms. The van der Waals surface area contributed by atoms with Crippen molar-refractivity contribution in [2.45, 2.75) is 63.9 Å². The Balaban J connectivity index is 1.91. The number of carbonyl (C=O) groups is 1. The quantitative estimate of drug-likeness (QED) is 0.603. The van der Waals surface area contributed by atoms with Crippen LogP contribution >= 0.6 is 0 Å². The van der Waals surface area contributed by atoms with Crippen LogP contribution < -0.4 is 4.31 Å². The summed E-state index contributed by atoms with van der Waals surface area (Å²) < 4.78 is 27.7. The highest BCUT2D eigenvalue weighted by atomic mass is 32.2. The third-order valence-electron chi connectivity index (χ3n) is 6.22. The van der Waals surface area contributed by atoms with E-state index in [-0.39, 0.29) is 22.9 Å². The molecule has 30 heavy (non-hydrogen) atoms. The molecule has 162 valence electrons. The Hall–Kier alpha value is -2.34. The SMILES string of the molecule is CCC(C)C(C)N(C(=O)c1cccc(S(=O)(=O)N(C)c2ccc(C)cc2)c1)C1CC1. The number of hydrogen-bond donors (Lipinski definition) is 0. The molecule has 2 aromatic carbocycles. The fourth-order valence-electron chi connectivity index (χ4n) is 3.64. The molecule has 3 rings (SSSR count).